The average molecular weight is 412 g/mol. The van der Waals surface area contributed by atoms with Crippen molar-refractivity contribution in [2.45, 2.75) is 33.1 Å². The minimum absolute atomic E-state index is 0.191. The van der Waals surface area contributed by atoms with E-state index in [0.29, 0.717) is 17.9 Å². The molecule has 0 aliphatic heterocycles. The highest BCUT2D eigenvalue weighted by molar-refractivity contribution is 5.94. The van der Waals surface area contributed by atoms with Crippen LogP contribution in [0.15, 0.2) is 36.4 Å². The lowest BCUT2D eigenvalue weighted by molar-refractivity contribution is -0.0974. The molecule has 1 amide bonds. The summed E-state index contributed by atoms with van der Waals surface area (Å²) in [6.07, 6.45) is 0.329. The molecule has 8 heteroatoms. The second kappa shape index (κ2) is 10.2. The molecule has 0 saturated heterocycles. The maximum atomic E-state index is 12.2. The van der Waals surface area contributed by atoms with Crippen molar-refractivity contribution in [3.63, 3.8) is 0 Å². The maximum Gasteiger partial charge on any atom is 0.251 e. The van der Waals surface area contributed by atoms with Gasteiger partial charge in [0.25, 0.3) is 5.91 Å². The van der Waals surface area contributed by atoms with E-state index in [9.17, 15) is 4.79 Å². The molecule has 0 fully saturated rings. The zero-order valence-corrected chi connectivity index (χ0v) is 17.8. The van der Waals surface area contributed by atoms with Gasteiger partial charge in [0.15, 0.2) is 6.29 Å². The SMILES string of the molecule is COC(CNC(=O)c1ccc(OCCCn2nnc3cc(C)c(C)cc32)cc1)OC. The molecular weight excluding hydrogens is 384 g/mol. The number of aryl methyl sites for hydroxylation is 3. The number of hydrogen-bond donors (Lipinski definition) is 1. The first-order valence-corrected chi connectivity index (χ1v) is 9.89. The largest absolute Gasteiger partial charge is 0.494 e. The molecule has 0 saturated carbocycles. The van der Waals surface area contributed by atoms with Gasteiger partial charge in [-0.1, -0.05) is 5.21 Å². The van der Waals surface area contributed by atoms with Crippen molar-refractivity contribution in [3.05, 3.63) is 53.1 Å². The Bertz CT molecular complexity index is 981. The van der Waals surface area contributed by atoms with Gasteiger partial charge >= 0.3 is 0 Å². The van der Waals surface area contributed by atoms with Gasteiger partial charge in [0.1, 0.15) is 11.3 Å². The number of nitrogens with one attached hydrogen (secondary N) is 1. The van der Waals surface area contributed by atoms with Crippen molar-refractivity contribution in [3.8, 4) is 5.75 Å². The molecule has 0 atom stereocenters. The van der Waals surface area contributed by atoms with Gasteiger partial charge in [0.05, 0.1) is 18.7 Å². The topological polar surface area (TPSA) is 87.5 Å². The molecule has 2 aromatic carbocycles. The van der Waals surface area contributed by atoms with Gasteiger partial charge in [-0.15, -0.1) is 5.10 Å². The van der Waals surface area contributed by atoms with Crippen LogP contribution in [-0.4, -0.2) is 54.6 Å². The average Bonchev–Trinajstić information content (AvgIpc) is 3.14. The van der Waals surface area contributed by atoms with Crippen molar-refractivity contribution in [2.24, 2.45) is 0 Å². The van der Waals surface area contributed by atoms with Crippen LogP contribution in [0.1, 0.15) is 27.9 Å². The summed E-state index contributed by atoms with van der Waals surface area (Å²) in [5.41, 5.74) is 4.94. The summed E-state index contributed by atoms with van der Waals surface area (Å²) in [4.78, 5) is 12.2. The lowest BCUT2D eigenvalue weighted by atomic mass is 10.1. The van der Waals surface area contributed by atoms with Crippen LogP contribution in [0.2, 0.25) is 0 Å². The second-order valence-corrected chi connectivity index (χ2v) is 7.08. The Morgan fingerprint density at radius 3 is 2.50 bits per heavy atom. The third-order valence-electron chi connectivity index (χ3n) is 4.98. The fourth-order valence-corrected chi connectivity index (χ4v) is 3.04. The van der Waals surface area contributed by atoms with E-state index in [2.05, 4.69) is 41.6 Å². The molecule has 1 heterocycles. The monoisotopic (exact) mass is 412 g/mol. The summed E-state index contributed by atoms with van der Waals surface area (Å²) in [6.45, 7) is 5.71. The van der Waals surface area contributed by atoms with Gasteiger partial charge < -0.3 is 19.5 Å². The smallest absolute Gasteiger partial charge is 0.251 e. The first kappa shape index (κ1) is 21.7. The predicted octanol–water partition coefficient (Wildman–Crippen LogP) is 2.87. The Hall–Kier alpha value is -2.97. The molecule has 0 aliphatic carbocycles. The zero-order chi connectivity index (χ0) is 21.5. The molecular formula is C22H28N4O4. The molecule has 0 spiro atoms. The van der Waals surface area contributed by atoms with E-state index in [1.165, 1.54) is 25.3 Å². The van der Waals surface area contributed by atoms with E-state index in [1.54, 1.807) is 24.3 Å². The van der Waals surface area contributed by atoms with Gasteiger partial charge in [-0.25, -0.2) is 4.68 Å². The van der Waals surface area contributed by atoms with Gasteiger partial charge in [0.2, 0.25) is 0 Å². The van der Waals surface area contributed by atoms with Gasteiger partial charge in [0, 0.05) is 32.7 Å². The normalized spacial score (nSPS) is 11.2. The van der Waals surface area contributed by atoms with Crippen LogP contribution in [0.5, 0.6) is 5.75 Å². The highest BCUT2D eigenvalue weighted by atomic mass is 16.7. The first-order chi connectivity index (χ1) is 14.5. The number of carbonyl (C=O) groups excluding carboxylic acids is 1. The Labute approximate surface area is 176 Å². The van der Waals surface area contributed by atoms with Gasteiger partial charge in [-0.05, 0) is 61.4 Å². The van der Waals surface area contributed by atoms with Crippen molar-refractivity contribution >= 4 is 16.9 Å². The lowest BCUT2D eigenvalue weighted by Gasteiger charge is -2.14. The van der Waals surface area contributed by atoms with Crippen molar-refractivity contribution in [1.29, 1.82) is 0 Å². The number of aromatic nitrogens is 3. The van der Waals surface area contributed by atoms with E-state index < -0.39 is 6.29 Å². The molecule has 1 aromatic heterocycles. The van der Waals surface area contributed by atoms with Crippen LogP contribution >= 0.6 is 0 Å². The molecule has 0 aliphatic rings. The van der Waals surface area contributed by atoms with Crippen molar-refractivity contribution in [1.82, 2.24) is 20.3 Å². The number of benzene rings is 2. The Balaban J connectivity index is 1.46. The van der Waals surface area contributed by atoms with E-state index in [-0.39, 0.29) is 12.5 Å². The van der Waals surface area contributed by atoms with Crippen LogP contribution in [-0.2, 0) is 16.0 Å². The highest BCUT2D eigenvalue weighted by Crippen LogP contribution is 2.18. The van der Waals surface area contributed by atoms with Crippen LogP contribution < -0.4 is 10.1 Å². The molecule has 0 radical (unpaired) electrons. The summed E-state index contributed by atoms with van der Waals surface area (Å²) in [5, 5.41) is 11.2. The molecule has 0 bridgehead atoms. The summed E-state index contributed by atoms with van der Waals surface area (Å²) >= 11 is 0. The maximum absolute atomic E-state index is 12.2. The van der Waals surface area contributed by atoms with Crippen LogP contribution in [0, 0.1) is 13.8 Å². The predicted molar refractivity (Wildman–Crippen MR) is 114 cm³/mol. The third-order valence-corrected chi connectivity index (χ3v) is 4.98. The fourth-order valence-electron chi connectivity index (χ4n) is 3.04. The Morgan fingerprint density at radius 2 is 1.80 bits per heavy atom. The summed E-state index contributed by atoms with van der Waals surface area (Å²) in [5.74, 6) is 0.525. The molecule has 160 valence electrons. The summed E-state index contributed by atoms with van der Waals surface area (Å²) in [7, 11) is 3.06. The fraction of sp³-hybridized carbons (Fsp3) is 0.409. The van der Waals surface area contributed by atoms with Crippen molar-refractivity contribution in [2.75, 3.05) is 27.4 Å². The molecule has 30 heavy (non-hydrogen) atoms. The van der Waals surface area contributed by atoms with E-state index in [0.717, 1.165) is 24.0 Å². The minimum atomic E-state index is -0.466. The van der Waals surface area contributed by atoms with Gasteiger partial charge in [-0.2, -0.15) is 0 Å². The molecule has 0 unspecified atom stereocenters. The van der Waals surface area contributed by atoms with E-state index in [1.807, 2.05) is 4.68 Å². The van der Waals surface area contributed by atoms with E-state index >= 15 is 0 Å². The number of ether oxygens (including phenoxy) is 3. The Morgan fingerprint density at radius 1 is 1.10 bits per heavy atom. The van der Waals surface area contributed by atoms with Crippen LogP contribution in [0.25, 0.3) is 11.0 Å². The summed E-state index contributed by atoms with van der Waals surface area (Å²) < 4.78 is 17.8. The van der Waals surface area contributed by atoms with E-state index in [4.69, 9.17) is 14.2 Å². The lowest BCUT2D eigenvalue weighted by Crippen LogP contribution is -2.34. The van der Waals surface area contributed by atoms with Crippen molar-refractivity contribution < 1.29 is 19.0 Å². The first-order valence-electron chi connectivity index (χ1n) is 9.89. The quantitative estimate of drug-likeness (QED) is 0.407. The minimum Gasteiger partial charge on any atom is -0.494 e. The molecule has 3 aromatic rings. The zero-order valence-electron chi connectivity index (χ0n) is 17.8. The molecule has 8 nitrogen and oxygen atoms in total. The number of rotatable bonds is 10. The standard InChI is InChI=1S/C22H28N4O4/c1-15-12-19-20(13-16(15)2)26(25-24-19)10-5-11-30-18-8-6-17(7-9-18)22(27)23-14-21(28-3)29-4/h6-9,12-13,21H,5,10-11,14H2,1-4H3,(H,23,27). The number of methoxy groups -OCH3 is 2. The summed E-state index contributed by atoms with van der Waals surface area (Å²) in [6, 6.07) is 11.2. The van der Waals surface area contributed by atoms with Crippen LogP contribution in [0.4, 0.5) is 0 Å². The number of carbonyl (C=O) groups is 1. The number of amides is 1. The van der Waals surface area contributed by atoms with Crippen LogP contribution in [0.3, 0.4) is 0 Å². The molecule has 3 rings (SSSR count). The second-order valence-electron chi connectivity index (χ2n) is 7.08. The molecule has 1 N–H and O–H groups in total. The Kier molecular flexibility index (Phi) is 7.37. The third kappa shape index (κ3) is 5.34. The highest BCUT2D eigenvalue weighted by Gasteiger charge is 2.10. The van der Waals surface area contributed by atoms with Gasteiger partial charge in [-0.3, -0.25) is 4.79 Å². The number of fused-ring (bicyclic) bond motifs is 1. The number of hydrogen-bond acceptors (Lipinski definition) is 6. The number of nitrogens with zero attached hydrogens (tertiary/aromatic N) is 3.